The lowest BCUT2D eigenvalue weighted by molar-refractivity contribution is 0.139. The molecule has 1 aromatic heterocycles. The third-order valence-electron chi connectivity index (χ3n) is 4.12. The average Bonchev–Trinajstić information content (AvgIpc) is 2.84. The molecule has 0 bridgehead atoms. The second-order valence-corrected chi connectivity index (χ2v) is 9.96. The Morgan fingerprint density at radius 2 is 1.91 bits per heavy atom. The van der Waals surface area contributed by atoms with Gasteiger partial charge < -0.3 is 4.90 Å². The summed E-state index contributed by atoms with van der Waals surface area (Å²) in [7, 11) is -3.31. The van der Waals surface area contributed by atoms with Crippen LogP contribution in [0.15, 0.2) is 16.3 Å². The number of likely N-dealkylation sites (tertiary alicyclic amines) is 1. The van der Waals surface area contributed by atoms with Gasteiger partial charge in [0.2, 0.25) is 10.0 Å². The second-order valence-electron chi connectivity index (χ2n) is 6.68. The van der Waals surface area contributed by atoms with Gasteiger partial charge in [0.1, 0.15) is 4.21 Å². The first kappa shape index (κ1) is 17.9. The minimum absolute atomic E-state index is 0.420. The van der Waals surface area contributed by atoms with Crippen molar-refractivity contribution in [3.63, 3.8) is 0 Å². The van der Waals surface area contributed by atoms with Crippen LogP contribution in [0.1, 0.15) is 38.0 Å². The minimum Gasteiger partial charge on any atom is -0.303 e. The van der Waals surface area contributed by atoms with Gasteiger partial charge in [-0.2, -0.15) is 0 Å². The van der Waals surface area contributed by atoms with Crippen LogP contribution in [0.5, 0.6) is 0 Å². The summed E-state index contributed by atoms with van der Waals surface area (Å²) in [4.78, 5) is 3.55. The number of sulfonamides is 1. The highest BCUT2D eigenvalue weighted by atomic mass is 32.2. The van der Waals surface area contributed by atoms with E-state index in [0.717, 1.165) is 36.1 Å². The molecule has 1 aliphatic rings. The maximum absolute atomic E-state index is 12.1. The number of aryl methyl sites for hydroxylation is 1. The summed E-state index contributed by atoms with van der Waals surface area (Å²) in [6, 6.07) is 3.52. The third kappa shape index (κ3) is 5.33. The van der Waals surface area contributed by atoms with Crippen molar-refractivity contribution in [1.82, 2.24) is 9.62 Å². The normalized spacial score (nSPS) is 23.8. The van der Waals surface area contributed by atoms with Gasteiger partial charge in [0.15, 0.2) is 0 Å². The predicted octanol–water partition coefficient (Wildman–Crippen LogP) is 3.09. The molecule has 1 saturated heterocycles. The van der Waals surface area contributed by atoms with Gasteiger partial charge in [-0.3, -0.25) is 0 Å². The first-order chi connectivity index (χ1) is 10.4. The van der Waals surface area contributed by atoms with Crippen molar-refractivity contribution in [2.45, 2.75) is 44.2 Å². The number of unbranched alkanes of at least 4 members (excludes halogenated alkanes) is 1. The van der Waals surface area contributed by atoms with E-state index in [1.165, 1.54) is 30.8 Å². The quantitative estimate of drug-likeness (QED) is 0.773. The van der Waals surface area contributed by atoms with Crippen molar-refractivity contribution >= 4 is 21.4 Å². The molecule has 1 aliphatic heterocycles. The van der Waals surface area contributed by atoms with Gasteiger partial charge in [-0.15, -0.1) is 11.3 Å². The van der Waals surface area contributed by atoms with E-state index < -0.39 is 10.0 Å². The highest BCUT2D eigenvalue weighted by Gasteiger charge is 2.21. The molecule has 0 spiro atoms. The van der Waals surface area contributed by atoms with Gasteiger partial charge in [0.25, 0.3) is 0 Å². The van der Waals surface area contributed by atoms with Crippen LogP contribution in [0.25, 0.3) is 0 Å². The van der Waals surface area contributed by atoms with Gasteiger partial charge in [0, 0.05) is 24.5 Å². The molecular formula is C16H28N2O2S2. The van der Waals surface area contributed by atoms with Crippen LogP contribution < -0.4 is 4.72 Å². The van der Waals surface area contributed by atoms with Gasteiger partial charge >= 0.3 is 0 Å². The number of rotatable bonds is 7. The fourth-order valence-electron chi connectivity index (χ4n) is 3.27. The zero-order valence-corrected chi connectivity index (χ0v) is 15.5. The van der Waals surface area contributed by atoms with Gasteiger partial charge in [0.05, 0.1) is 0 Å². The molecular weight excluding hydrogens is 316 g/mol. The van der Waals surface area contributed by atoms with Crippen molar-refractivity contribution in [3.05, 3.63) is 17.0 Å². The summed E-state index contributed by atoms with van der Waals surface area (Å²) >= 11 is 1.32. The molecule has 0 aromatic carbocycles. The molecule has 2 atom stereocenters. The van der Waals surface area contributed by atoms with E-state index in [1.807, 2.05) is 13.0 Å². The Kier molecular flexibility index (Phi) is 6.44. The zero-order valence-electron chi connectivity index (χ0n) is 13.8. The molecule has 1 N–H and O–H groups in total. The zero-order chi connectivity index (χ0) is 16.2. The van der Waals surface area contributed by atoms with Crippen molar-refractivity contribution in [1.29, 1.82) is 0 Å². The average molecular weight is 345 g/mol. The molecule has 6 heteroatoms. The smallest absolute Gasteiger partial charge is 0.250 e. The molecule has 1 aromatic rings. The fourth-order valence-corrected chi connectivity index (χ4v) is 5.67. The lowest BCUT2D eigenvalue weighted by atomic mass is 9.92. The molecule has 126 valence electrons. The maximum Gasteiger partial charge on any atom is 0.250 e. The molecule has 2 rings (SSSR count). The SMILES string of the molecule is Cc1ccc(S(=O)(=O)NCCCCN2CC(C)CC(C)C2)s1. The standard InChI is InChI=1S/C16H28N2O2S2/c1-13-10-14(2)12-18(11-13)9-5-4-8-17-22(19,20)16-7-6-15(3)21-16/h6-7,13-14,17H,4-5,8-12H2,1-3H3. The summed E-state index contributed by atoms with van der Waals surface area (Å²) in [5, 5.41) is 0. The number of hydrogen-bond acceptors (Lipinski definition) is 4. The summed E-state index contributed by atoms with van der Waals surface area (Å²) in [6.07, 6.45) is 3.27. The molecule has 0 amide bonds. The van der Waals surface area contributed by atoms with Crippen LogP contribution in [0.3, 0.4) is 0 Å². The number of piperidine rings is 1. The summed E-state index contributed by atoms with van der Waals surface area (Å²) in [5.74, 6) is 1.56. The first-order valence-corrected chi connectivity index (χ1v) is 10.5. The summed E-state index contributed by atoms with van der Waals surface area (Å²) in [6.45, 7) is 10.5. The van der Waals surface area contributed by atoms with E-state index in [4.69, 9.17) is 0 Å². The minimum atomic E-state index is -3.31. The Labute approximate surface area is 139 Å². The fraction of sp³-hybridized carbons (Fsp3) is 0.750. The number of hydrogen-bond donors (Lipinski definition) is 1. The largest absolute Gasteiger partial charge is 0.303 e. The maximum atomic E-state index is 12.1. The Hall–Kier alpha value is -0.430. The number of nitrogens with zero attached hydrogens (tertiary/aromatic N) is 1. The van der Waals surface area contributed by atoms with E-state index >= 15 is 0 Å². The second kappa shape index (κ2) is 7.90. The van der Waals surface area contributed by atoms with Crippen molar-refractivity contribution in [2.75, 3.05) is 26.2 Å². The molecule has 0 saturated carbocycles. The lowest BCUT2D eigenvalue weighted by Crippen LogP contribution is -2.39. The summed E-state index contributed by atoms with van der Waals surface area (Å²) in [5.41, 5.74) is 0. The van der Waals surface area contributed by atoms with Crippen LogP contribution in [-0.4, -0.2) is 39.5 Å². The van der Waals surface area contributed by atoms with Crippen LogP contribution >= 0.6 is 11.3 Å². The van der Waals surface area contributed by atoms with E-state index in [9.17, 15) is 8.42 Å². The van der Waals surface area contributed by atoms with Gasteiger partial charge in [-0.05, 0) is 56.7 Å². The molecule has 22 heavy (non-hydrogen) atoms. The van der Waals surface area contributed by atoms with Gasteiger partial charge in [-0.25, -0.2) is 13.1 Å². The van der Waals surface area contributed by atoms with Crippen molar-refractivity contribution in [2.24, 2.45) is 11.8 Å². The highest BCUT2D eigenvalue weighted by molar-refractivity contribution is 7.91. The van der Waals surface area contributed by atoms with Crippen molar-refractivity contribution < 1.29 is 8.42 Å². The first-order valence-electron chi connectivity index (χ1n) is 8.15. The van der Waals surface area contributed by atoms with Crippen LogP contribution in [0.4, 0.5) is 0 Å². The van der Waals surface area contributed by atoms with Gasteiger partial charge in [-0.1, -0.05) is 13.8 Å². The molecule has 4 nitrogen and oxygen atoms in total. The van der Waals surface area contributed by atoms with Crippen LogP contribution in [-0.2, 0) is 10.0 Å². The lowest BCUT2D eigenvalue weighted by Gasteiger charge is -2.34. The number of thiophene rings is 1. The van der Waals surface area contributed by atoms with E-state index in [1.54, 1.807) is 6.07 Å². The Bertz CT molecular complexity index is 558. The third-order valence-corrected chi connectivity index (χ3v) is 7.07. The van der Waals surface area contributed by atoms with E-state index in [2.05, 4.69) is 23.5 Å². The summed E-state index contributed by atoms with van der Waals surface area (Å²) < 4.78 is 27.3. The van der Waals surface area contributed by atoms with E-state index in [-0.39, 0.29) is 0 Å². The molecule has 2 unspecified atom stereocenters. The topological polar surface area (TPSA) is 49.4 Å². The predicted molar refractivity (Wildman–Crippen MR) is 92.9 cm³/mol. The Balaban J connectivity index is 1.67. The van der Waals surface area contributed by atoms with Crippen LogP contribution in [0, 0.1) is 18.8 Å². The van der Waals surface area contributed by atoms with E-state index in [0.29, 0.717) is 10.8 Å². The Morgan fingerprint density at radius 3 is 2.50 bits per heavy atom. The monoisotopic (exact) mass is 344 g/mol. The highest BCUT2D eigenvalue weighted by Crippen LogP contribution is 2.21. The van der Waals surface area contributed by atoms with Crippen molar-refractivity contribution in [3.8, 4) is 0 Å². The molecule has 1 fully saturated rings. The molecule has 2 heterocycles. The Morgan fingerprint density at radius 1 is 1.23 bits per heavy atom. The molecule has 0 radical (unpaired) electrons. The van der Waals surface area contributed by atoms with Crippen LogP contribution in [0.2, 0.25) is 0 Å². The number of nitrogens with one attached hydrogen (secondary N) is 1. The molecule has 0 aliphatic carbocycles.